The summed E-state index contributed by atoms with van der Waals surface area (Å²) in [4.78, 5) is 26.4. The van der Waals surface area contributed by atoms with Crippen molar-refractivity contribution in [1.29, 1.82) is 0 Å². The van der Waals surface area contributed by atoms with E-state index in [0.29, 0.717) is 38.7 Å². The Morgan fingerprint density at radius 2 is 1.76 bits per heavy atom. The summed E-state index contributed by atoms with van der Waals surface area (Å²) >= 11 is 0. The molecule has 2 aromatic heterocycles. The number of benzene rings is 2. The lowest BCUT2D eigenvalue weighted by atomic mass is 10.2. The maximum Gasteiger partial charge on any atom is 0.242 e. The zero-order valence-electron chi connectivity index (χ0n) is 19.4. The number of carbonyl (C=O) groups is 1. The van der Waals surface area contributed by atoms with Crippen LogP contribution in [0.2, 0.25) is 0 Å². The Morgan fingerprint density at radius 1 is 1.00 bits per heavy atom. The molecular formula is C26H28N6O2. The Kier molecular flexibility index (Phi) is 6.03. The molecule has 34 heavy (non-hydrogen) atoms. The van der Waals surface area contributed by atoms with Crippen LogP contribution in [0.25, 0.3) is 10.9 Å². The highest BCUT2D eigenvalue weighted by Gasteiger charge is 2.23. The Labute approximate surface area is 198 Å². The lowest BCUT2D eigenvalue weighted by Crippen LogP contribution is -2.50. The number of nitrogens with one attached hydrogen (secondary N) is 1. The van der Waals surface area contributed by atoms with Gasteiger partial charge < -0.3 is 24.4 Å². The van der Waals surface area contributed by atoms with Gasteiger partial charge in [0, 0.05) is 55.3 Å². The van der Waals surface area contributed by atoms with Crippen LogP contribution in [0, 0.1) is 6.92 Å². The second-order valence-electron chi connectivity index (χ2n) is 8.42. The molecule has 1 fully saturated rings. The number of amides is 1. The van der Waals surface area contributed by atoms with E-state index in [-0.39, 0.29) is 5.91 Å². The highest BCUT2D eigenvalue weighted by Crippen LogP contribution is 2.22. The number of anilines is 3. The van der Waals surface area contributed by atoms with Gasteiger partial charge in [0.05, 0.1) is 7.11 Å². The number of hydrogen-bond acceptors (Lipinski definition) is 6. The molecule has 0 aliphatic carbocycles. The molecule has 2 aromatic carbocycles. The second kappa shape index (κ2) is 9.43. The average Bonchev–Trinajstić information content (AvgIpc) is 3.27. The molecule has 1 amide bonds. The molecule has 0 radical (unpaired) electrons. The maximum atomic E-state index is 12.9. The van der Waals surface area contributed by atoms with Gasteiger partial charge >= 0.3 is 0 Å². The molecule has 0 unspecified atom stereocenters. The second-order valence-corrected chi connectivity index (χ2v) is 8.42. The van der Waals surface area contributed by atoms with Gasteiger partial charge in [0.15, 0.2) is 0 Å². The summed E-state index contributed by atoms with van der Waals surface area (Å²) in [6.45, 7) is 5.01. The lowest BCUT2D eigenvalue weighted by Gasteiger charge is -2.35. The van der Waals surface area contributed by atoms with Crippen molar-refractivity contribution in [2.45, 2.75) is 13.5 Å². The van der Waals surface area contributed by atoms with Crippen LogP contribution in [-0.4, -0.2) is 58.6 Å². The lowest BCUT2D eigenvalue weighted by molar-refractivity contribution is -0.132. The molecule has 1 aliphatic heterocycles. The number of methoxy groups -OCH3 is 1. The van der Waals surface area contributed by atoms with Crippen molar-refractivity contribution in [1.82, 2.24) is 19.4 Å². The molecule has 1 saturated heterocycles. The molecule has 0 atom stereocenters. The largest absolute Gasteiger partial charge is 0.497 e. The van der Waals surface area contributed by atoms with Gasteiger partial charge in [-0.1, -0.05) is 18.2 Å². The van der Waals surface area contributed by atoms with Crippen molar-refractivity contribution in [2.75, 3.05) is 43.5 Å². The maximum absolute atomic E-state index is 12.9. The fraction of sp³-hybridized carbons (Fsp3) is 0.269. The Bertz CT molecular complexity index is 1290. The van der Waals surface area contributed by atoms with E-state index in [0.717, 1.165) is 33.9 Å². The molecule has 8 heteroatoms. The molecule has 1 N–H and O–H groups in total. The third kappa shape index (κ3) is 4.66. The van der Waals surface area contributed by atoms with Gasteiger partial charge in [-0.05, 0) is 48.7 Å². The van der Waals surface area contributed by atoms with E-state index in [1.54, 1.807) is 7.11 Å². The van der Waals surface area contributed by atoms with Crippen LogP contribution in [0.5, 0.6) is 5.75 Å². The first-order chi connectivity index (χ1) is 16.6. The molecule has 0 spiro atoms. The summed E-state index contributed by atoms with van der Waals surface area (Å²) in [6.07, 6.45) is 1.98. The topological polar surface area (TPSA) is 75.5 Å². The number of carbonyl (C=O) groups excluding carboxylic acids is 1. The summed E-state index contributed by atoms with van der Waals surface area (Å²) in [6, 6.07) is 19.8. The van der Waals surface area contributed by atoms with E-state index in [1.165, 1.54) is 0 Å². The van der Waals surface area contributed by atoms with Crippen LogP contribution in [-0.2, 0) is 11.3 Å². The molecule has 1 aliphatic rings. The van der Waals surface area contributed by atoms with Crippen molar-refractivity contribution in [3.63, 3.8) is 0 Å². The van der Waals surface area contributed by atoms with Gasteiger partial charge in [0.2, 0.25) is 11.9 Å². The first kappa shape index (κ1) is 21.8. The zero-order chi connectivity index (χ0) is 23.5. The van der Waals surface area contributed by atoms with E-state index in [9.17, 15) is 4.79 Å². The molecule has 8 nitrogen and oxygen atoms in total. The van der Waals surface area contributed by atoms with E-state index in [4.69, 9.17) is 9.72 Å². The van der Waals surface area contributed by atoms with Gasteiger partial charge in [-0.3, -0.25) is 4.79 Å². The Morgan fingerprint density at radius 3 is 2.53 bits per heavy atom. The summed E-state index contributed by atoms with van der Waals surface area (Å²) in [5.41, 5.74) is 2.90. The first-order valence-electron chi connectivity index (χ1n) is 11.4. The van der Waals surface area contributed by atoms with E-state index in [1.807, 2.05) is 77.2 Å². The number of nitrogens with zero attached hydrogens (tertiary/aromatic N) is 5. The molecule has 3 heterocycles. The molecule has 174 valence electrons. The minimum absolute atomic E-state index is 0.132. The minimum Gasteiger partial charge on any atom is -0.497 e. The standard InChI is InChI=1S/C26H28N6O2/c1-19-17-24(28-21-7-9-22(34-2)10-8-21)29-26(27-19)31-15-13-30(14-16-31)25(33)18-32-12-11-20-5-3-4-6-23(20)32/h3-12,17H,13-16,18H2,1-2H3,(H,27,28,29). The van der Waals surface area contributed by atoms with Crippen molar-refractivity contribution in [3.8, 4) is 5.75 Å². The summed E-state index contributed by atoms with van der Waals surface area (Å²) in [5, 5.41) is 4.49. The van der Waals surface area contributed by atoms with Crippen LogP contribution in [0.1, 0.15) is 5.69 Å². The molecule has 0 saturated carbocycles. The van der Waals surface area contributed by atoms with Crippen LogP contribution in [0.4, 0.5) is 17.5 Å². The smallest absolute Gasteiger partial charge is 0.242 e. The van der Waals surface area contributed by atoms with Crippen LogP contribution < -0.4 is 15.0 Å². The van der Waals surface area contributed by atoms with E-state index < -0.39 is 0 Å². The number of aryl methyl sites for hydroxylation is 1. The average molecular weight is 457 g/mol. The van der Waals surface area contributed by atoms with Crippen molar-refractivity contribution in [3.05, 3.63) is 72.6 Å². The fourth-order valence-corrected chi connectivity index (χ4v) is 4.26. The highest BCUT2D eigenvalue weighted by atomic mass is 16.5. The van der Waals surface area contributed by atoms with Crippen molar-refractivity contribution in [2.24, 2.45) is 0 Å². The van der Waals surface area contributed by atoms with Crippen LogP contribution >= 0.6 is 0 Å². The Hall–Kier alpha value is -4.07. The van der Waals surface area contributed by atoms with Crippen LogP contribution in [0.15, 0.2) is 66.9 Å². The predicted octanol–water partition coefficient (Wildman–Crippen LogP) is 3.84. The Balaban J connectivity index is 1.22. The highest BCUT2D eigenvalue weighted by molar-refractivity contribution is 5.83. The van der Waals surface area contributed by atoms with Crippen molar-refractivity contribution < 1.29 is 9.53 Å². The molecule has 0 bridgehead atoms. The first-order valence-corrected chi connectivity index (χ1v) is 11.4. The number of hydrogen-bond donors (Lipinski definition) is 1. The molecular weight excluding hydrogens is 428 g/mol. The monoisotopic (exact) mass is 456 g/mol. The van der Waals surface area contributed by atoms with Crippen molar-refractivity contribution >= 4 is 34.3 Å². The quantitative estimate of drug-likeness (QED) is 0.475. The number of fused-ring (bicyclic) bond motifs is 1. The molecule has 4 aromatic rings. The normalized spacial score (nSPS) is 13.8. The zero-order valence-corrected chi connectivity index (χ0v) is 19.4. The number of ether oxygens (including phenoxy) is 1. The van der Waals surface area contributed by atoms with Gasteiger partial charge in [-0.15, -0.1) is 0 Å². The van der Waals surface area contributed by atoms with E-state index >= 15 is 0 Å². The van der Waals surface area contributed by atoms with E-state index in [2.05, 4.69) is 21.3 Å². The van der Waals surface area contributed by atoms with Gasteiger partial charge in [0.25, 0.3) is 0 Å². The van der Waals surface area contributed by atoms with Gasteiger partial charge in [0.1, 0.15) is 18.1 Å². The van der Waals surface area contributed by atoms with Gasteiger partial charge in [-0.2, -0.15) is 4.98 Å². The SMILES string of the molecule is COc1ccc(Nc2cc(C)nc(N3CCN(C(=O)Cn4ccc5ccccc54)CC3)n2)cc1. The summed E-state index contributed by atoms with van der Waals surface area (Å²) in [5.74, 6) is 2.36. The minimum atomic E-state index is 0.132. The third-order valence-corrected chi connectivity index (χ3v) is 6.11. The fourth-order valence-electron chi connectivity index (χ4n) is 4.26. The third-order valence-electron chi connectivity index (χ3n) is 6.11. The number of aromatic nitrogens is 3. The predicted molar refractivity (Wildman–Crippen MR) is 134 cm³/mol. The molecule has 5 rings (SSSR count). The number of piperazine rings is 1. The number of para-hydroxylation sites is 1. The summed E-state index contributed by atoms with van der Waals surface area (Å²) in [7, 11) is 1.65. The van der Waals surface area contributed by atoms with Gasteiger partial charge in [-0.25, -0.2) is 4.98 Å². The summed E-state index contributed by atoms with van der Waals surface area (Å²) < 4.78 is 7.24. The van der Waals surface area contributed by atoms with Crippen LogP contribution in [0.3, 0.4) is 0 Å². The number of rotatable bonds is 6.